The molecule has 4 aromatic heterocycles. The molecular weight excluding hydrogens is 330 g/mol. The fourth-order valence-corrected chi connectivity index (χ4v) is 3.24. The molecule has 0 aliphatic carbocycles. The van der Waals surface area contributed by atoms with Crippen molar-refractivity contribution in [1.29, 1.82) is 0 Å². The molecule has 0 saturated carbocycles. The van der Waals surface area contributed by atoms with E-state index in [1.807, 2.05) is 56.6 Å². The van der Waals surface area contributed by atoms with E-state index in [9.17, 15) is 4.79 Å². The van der Waals surface area contributed by atoms with Crippen LogP contribution in [0.4, 0.5) is 0 Å². The number of carbonyl (C=O) groups is 1. The monoisotopic (exact) mass is 349 g/mol. The van der Waals surface area contributed by atoms with Gasteiger partial charge in [-0.3, -0.25) is 13.9 Å². The molecule has 0 radical (unpaired) electrons. The SMILES string of the molecule is Cc1cc(C(=O)N[C@@H](C)c2nnc3ccccn23)c2c(C)nn(C)c2n1. The van der Waals surface area contributed by atoms with Crippen molar-refractivity contribution in [2.24, 2.45) is 7.05 Å². The van der Waals surface area contributed by atoms with Crippen LogP contribution in [0.3, 0.4) is 0 Å². The van der Waals surface area contributed by atoms with Gasteiger partial charge in [0, 0.05) is 18.9 Å². The number of aryl methyl sites for hydroxylation is 3. The Balaban J connectivity index is 1.71. The van der Waals surface area contributed by atoms with Crippen molar-refractivity contribution in [3.8, 4) is 0 Å². The van der Waals surface area contributed by atoms with Gasteiger partial charge in [0.15, 0.2) is 17.1 Å². The molecule has 0 bridgehead atoms. The zero-order chi connectivity index (χ0) is 18.4. The van der Waals surface area contributed by atoms with Crippen LogP contribution in [0.5, 0.6) is 0 Å². The maximum atomic E-state index is 13.0. The Labute approximate surface area is 149 Å². The average molecular weight is 349 g/mol. The van der Waals surface area contributed by atoms with Crippen molar-refractivity contribution in [2.75, 3.05) is 0 Å². The Morgan fingerprint density at radius 1 is 1.23 bits per heavy atom. The van der Waals surface area contributed by atoms with E-state index < -0.39 is 0 Å². The van der Waals surface area contributed by atoms with Crippen LogP contribution in [-0.4, -0.2) is 35.3 Å². The molecule has 4 rings (SSSR count). The number of aromatic nitrogens is 6. The summed E-state index contributed by atoms with van der Waals surface area (Å²) in [6.45, 7) is 5.64. The number of hydrogen-bond acceptors (Lipinski definition) is 5. The molecule has 8 nitrogen and oxygen atoms in total. The molecule has 0 unspecified atom stereocenters. The van der Waals surface area contributed by atoms with Crippen LogP contribution in [0.2, 0.25) is 0 Å². The van der Waals surface area contributed by atoms with Gasteiger partial charge in [0.25, 0.3) is 5.91 Å². The summed E-state index contributed by atoms with van der Waals surface area (Å²) < 4.78 is 3.57. The number of fused-ring (bicyclic) bond motifs is 2. The maximum Gasteiger partial charge on any atom is 0.252 e. The van der Waals surface area contributed by atoms with Crippen molar-refractivity contribution in [1.82, 2.24) is 34.7 Å². The molecule has 132 valence electrons. The average Bonchev–Trinajstić information content (AvgIpc) is 3.15. The molecule has 4 heterocycles. The van der Waals surface area contributed by atoms with Gasteiger partial charge in [-0.25, -0.2) is 4.98 Å². The summed E-state index contributed by atoms with van der Waals surface area (Å²) in [7, 11) is 1.83. The summed E-state index contributed by atoms with van der Waals surface area (Å²) in [5.41, 5.74) is 3.56. The standard InChI is InChI=1S/C18H19N7O/c1-10-9-13(15-11(2)23-24(4)17(15)19-10)18(26)20-12(3)16-22-21-14-7-5-6-8-25(14)16/h5-9,12H,1-4H3,(H,20,26)/t12-/m0/s1. The Morgan fingerprint density at radius 3 is 2.85 bits per heavy atom. The lowest BCUT2D eigenvalue weighted by molar-refractivity contribution is 0.0939. The largest absolute Gasteiger partial charge is 0.342 e. The number of amides is 1. The van der Waals surface area contributed by atoms with E-state index in [0.717, 1.165) is 22.4 Å². The van der Waals surface area contributed by atoms with Crippen LogP contribution in [-0.2, 0) is 7.05 Å². The predicted octanol–water partition coefficient (Wildman–Crippen LogP) is 2.12. The fraction of sp³-hybridized carbons (Fsp3) is 0.278. The molecule has 1 atom stereocenters. The molecule has 0 aromatic carbocycles. The van der Waals surface area contributed by atoms with Crippen molar-refractivity contribution in [3.05, 3.63) is 53.2 Å². The zero-order valence-corrected chi connectivity index (χ0v) is 15.1. The topological polar surface area (TPSA) is 90.0 Å². The minimum absolute atomic E-state index is 0.184. The van der Waals surface area contributed by atoms with Gasteiger partial charge in [-0.2, -0.15) is 5.10 Å². The summed E-state index contributed by atoms with van der Waals surface area (Å²) in [6, 6.07) is 7.17. The first kappa shape index (κ1) is 16.2. The smallest absolute Gasteiger partial charge is 0.252 e. The molecule has 8 heteroatoms. The van der Waals surface area contributed by atoms with Crippen LogP contribution in [0.15, 0.2) is 30.5 Å². The number of nitrogens with one attached hydrogen (secondary N) is 1. The highest BCUT2D eigenvalue weighted by atomic mass is 16.1. The lowest BCUT2D eigenvalue weighted by atomic mass is 10.1. The Bertz CT molecular complexity index is 1140. The lowest BCUT2D eigenvalue weighted by Gasteiger charge is -2.13. The van der Waals surface area contributed by atoms with Gasteiger partial charge in [0.1, 0.15) is 0 Å². The number of rotatable bonds is 3. The number of nitrogens with zero attached hydrogens (tertiary/aromatic N) is 6. The van der Waals surface area contributed by atoms with Crippen LogP contribution < -0.4 is 5.32 Å². The summed E-state index contributed by atoms with van der Waals surface area (Å²) in [5, 5.41) is 16.5. The summed E-state index contributed by atoms with van der Waals surface area (Å²) in [5.74, 6) is 0.496. The van der Waals surface area contributed by atoms with Gasteiger partial charge in [-0.1, -0.05) is 6.07 Å². The second-order valence-electron chi connectivity index (χ2n) is 6.40. The van der Waals surface area contributed by atoms with Crippen LogP contribution in [0, 0.1) is 13.8 Å². The molecule has 0 aliphatic heterocycles. The summed E-state index contributed by atoms with van der Waals surface area (Å²) in [4.78, 5) is 17.5. The highest BCUT2D eigenvalue weighted by molar-refractivity contribution is 6.06. The van der Waals surface area contributed by atoms with E-state index in [4.69, 9.17) is 0 Å². The Hall–Kier alpha value is -3.29. The highest BCUT2D eigenvalue weighted by Crippen LogP contribution is 2.22. The highest BCUT2D eigenvalue weighted by Gasteiger charge is 2.21. The van der Waals surface area contributed by atoms with E-state index in [1.54, 1.807) is 10.7 Å². The van der Waals surface area contributed by atoms with Crippen molar-refractivity contribution >= 4 is 22.6 Å². The van der Waals surface area contributed by atoms with E-state index >= 15 is 0 Å². The Kier molecular flexibility index (Phi) is 3.68. The third kappa shape index (κ3) is 2.50. The van der Waals surface area contributed by atoms with Gasteiger partial charge in [-0.15, -0.1) is 10.2 Å². The number of pyridine rings is 2. The second kappa shape index (κ2) is 5.91. The molecule has 26 heavy (non-hydrogen) atoms. The van der Waals surface area contributed by atoms with Crippen molar-refractivity contribution < 1.29 is 4.79 Å². The summed E-state index contributed by atoms with van der Waals surface area (Å²) in [6.07, 6.45) is 1.88. The maximum absolute atomic E-state index is 13.0. The quantitative estimate of drug-likeness (QED) is 0.612. The number of carbonyl (C=O) groups excluding carboxylic acids is 1. The van der Waals surface area contributed by atoms with Crippen LogP contribution in [0.1, 0.15) is 40.5 Å². The third-order valence-corrected chi connectivity index (χ3v) is 4.42. The van der Waals surface area contributed by atoms with Crippen LogP contribution in [0.25, 0.3) is 16.7 Å². The first-order valence-electron chi connectivity index (χ1n) is 8.37. The van der Waals surface area contributed by atoms with E-state index in [2.05, 4.69) is 25.6 Å². The fourth-order valence-electron chi connectivity index (χ4n) is 3.24. The molecule has 1 amide bonds. The minimum Gasteiger partial charge on any atom is -0.342 e. The van der Waals surface area contributed by atoms with Crippen LogP contribution >= 0.6 is 0 Å². The lowest BCUT2D eigenvalue weighted by Crippen LogP contribution is -2.28. The molecule has 0 spiro atoms. The van der Waals surface area contributed by atoms with Gasteiger partial charge in [0.2, 0.25) is 0 Å². The normalized spacial score (nSPS) is 12.6. The van der Waals surface area contributed by atoms with E-state index in [1.165, 1.54) is 0 Å². The van der Waals surface area contributed by atoms with E-state index in [-0.39, 0.29) is 11.9 Å². The van der Waals surface area contributed by atoms with Crippen molar-refractivity contribution in [2.45, 2.75) is 26.8 Å². The van der Waals surface area contributed by atoms with Crippen molar-refractivity contribution in [3.63, 3.8) is 0 Å². The van der Waals surface area contributed by atoms with Gasteiger partial charge < -0.3 is 5.32 Å². The molecule has 1 N–H and O–H groups in total. The van der Waals surface area contributed by atoms with E-state index in [0.29, 0.717) is 17.0 Å². The minimum atomic E-state index is -0.305. The number of hydrogen-bond donors (Lipinski definition) is 1. The van der Waals surface area contributed by atoms with Gasteiger partial charge >= 0.3 is 0 Å². The predicted molar refractivity (Wildman–Crippen MR) is 96.9 cm³/mol. The third-order valence-electron chi connectivity index (χ3n) is 4.42. The summed E-state index contributed by atoms with van der Waals surface area (Å²) >= 11 is 0. The first-order chi connectivity index (χ1) is 12.5. The molecule has 0 fully saturated rings. The first-order valence-corrected chi connectivity index (χ1v) is 8.37. The molecule has 4 aromatic rings. The van der Waals surface area contributed by atoms with Gasteiger partial charge in [-0.05, 0) is 39.0 Å². The zero-order valence-electron chi connectivity index (χ0n) is 15.1. The second-order valence-corrected chi connectivity index (χ2v) is 6.40. The molecule has 0 saturated heterocycles. The molecule has 0 aliphatic rings. The van der Waals surface area contributed by atoms with Gasteiger partial charge in [0.05, 0.1) is 22.7 Å². The Morgan fingerprint density at radius 2 is 2.04 bits per heavy atom. The molecular formula is C18H19N7O.